The topological polar surface area (TPSA) is 91.5 Å². The van der Waals surface area contributed by atoms with Gasteiger partial charge >= 0.3 is 0 Å². The normalized spacial score (nSPS) is 10.4. The third kappa shape index (κ3) is 6.78. The largest absolute Gasteiger partial charge is 0.477 e. The minimum atomic E-state index is 0.199. The molecular weight excluding hydrogens is 248 g/mol. The second kappa shape index (κ2) is 9.35. The van der Waals surface area contributed by atoms with Crippen LogP contribution in [0.15, 0.2) is 6.07 Å². The number of anilines is 2. The SMILES string of the molecule is CCNc1cc(OCCCOCCOC)nc(N)n1. The van der Waals surface area contributed by atoms with Gasteiger partial charge in [-0.25, -0.2) is 0 Å². The first kappa shape index (κ1) is 15.5. The molecule has 0 saturated carbocycles. The van der Waals surface area contributed by atoms with Crippen molar-refractivity contribution in [2.45, 2.75) is 13.3 Å². The van der Waals surface area contributed by atoms with Crippen molar-refractivity contribution < 1.29 is 14.2 Å². The zero-order valence-corrected chi connectivity index (χ0v) is 11.5. The van der Waals surface area contributed by atoms with Gasteiger partial charge in [0.25, 0.3) is 0 Å². The molecule has 0 aliphatic rings. The highest BCUT2D eigenvalue weighted by molar-refractivity contribution is 5.42. The van der Waals surface area contributed by atoms with E-state index in [2.05, 4.69) is 15.3 Å². The third-order valence-electron chi connectivity index (χ3n) is 2.19. The Morgan fingerprint density at radius 2 is 2.05 bits per heavy atom. The third-order valence-corrected chi connectivity index (χ3v) is 2.19. The van der Waals surface area contributed by atoms with Gasteiger partial charge in [0.2, 0.25) is 11.8 Å². The Labute approximate surface area is 113 Å². The Morgan fingerprint density at radius 1 is 1.21 bits per heavy atom. The average Bonchev–Trinajstić information content (AvgIpc) is 2.37. The first-order valence-electron chi connectivity index (χ1n) is 6.34. The second-order valence-corrected chi connectivity index (χ2v) is 3.79. The summed E-state index contributed by atoms with van der Waals surface area (Å²) in [6.45, 7) is 5.11. The summed E-state index contributed by atoms with van der Waals surface area (Å²) in [6, 6.07) is 1.73. The molecule has 7 nitrogen and oxygen atoms in total. The summed E-state index contributed by atoms with van der Waals surface area (Å²) >= 11 is 0. The van der Waals surface area contributed by atoms with Gasteiger partial charge in [0.15, 0.2) is 0 Å². The van der Waals surface area contributed by atoms with E-state index in [-0.39, 0.29) is 5.95 Å². The van der Waals surface area contributed by atoms with E-state index in [4.69, 9.17) is 19.9 Å². The molecule has 1 heterocycles. The summed E-state index contributed by atoms with van der Waals surface area (Å²) < 4.78 is 15.7. The van der Waals surface area contributed by atoms with Crippen LogP contribution in [0.25, 0.3) is 0 Å². The molecule has 1 aromatic heterocycles. The minimum Gasteiger partial charge on any atom is -0.477 e. The first-order chi connectivity index (χ1) is 9.26. The quantitative estimate of drug-likeness (QED) is 0.611. The van der Waals surface area contributed by atoms with Gasteiger partial charge in [0.05, 0.1) is 19.8 Å². The number of hydrogen-bond acceptors (Lipinski definition) is 7. The summed E-state index contributed by atoms with van der Waals surface area (Å²) in [5.41, 5.74) is 5.59. The Bertz CT molecular complexity index is 363. The van der Waals surface area contributed by atoms with E-state index in [9.17, 15) is 0 Å². The van der Waals surface area contributed by atoms with Crippen LogP contribution in [-0.4, -0.2) is 50.1 Å². The molecule has 0 aliphatic heterocycles. The molecule has 1 aromatic rings. The molecular formula is C12H22N4O3. The van der Waals surface area contributed by atoms with Crippen LogP contribution in [0, 0.1) is 0 Å². The number of methoxy groups -OCH3 is 1. The van der Waals surface area contributed by atoms with E-state index in [1.54, 1.807) is 13.2 Å². The molecule has 0 spiro atoms. The highest BCUT2D eigenvalue weighted by atomic mass is 16.5. The van der Waals surface area contributed by atoms with Crippen LogP contribution in [0.4, 0.5) is 11.8 Å². The van der Waals surface area contributed by atoms with Gasteiger partial charge in [-0.15, -0.1) is 0 Å². The van der Waals surface area contributed by atoms with Crippen molar-refractivity contribution in [3.8, 4) is 5.88 Å². The van der Waals surface area contributed by atoms with Crippen molar-refractivity contribution in [3.63, 3.8) is 0 Å². The smallest absolute Gasteiger partial charge is 0.225 e. The van der Waals surface area contributed by atoms with Gasteiger partial charge in [-0.05, 0) is 6.92 Å². The van der Waals surface area contributed by atoms with Gasteiger partial charge in [-0.2, -0.15) is 9.97 Å². The highest BCUT2D eigenvalue weighted by Crippen LogP contribution is 2.14. The van der Waals surface area contributed by atoms with Crippen molar-refractivity contribution in [2.75, 3.05) is 51.1 Å². The molecule has 108 valence electrons. The van der Waals surface area contributed by atoms with Crippen molar-refractivity contribution >= 4 is 11.8 Å². The maximum absolute atomic E-state index is 5.59. The zero-order chi connectivity index (χ0) is 13.9. The standard InChI is InChI=1S/C12H22N4O3/c1-3-14-10-9-11(16-12(13)15-10)19-6-4-5-18-8-7-17-2/h9H,3-8H2,1-2H3,(H3,13,14,15,16). The van der Waals surface area contributed by atoms with E-state index in [0.717, 1.165) is 13.0 Å². The lowest BCUT2D eigenvalue weighted by Gasteiger charge is -2.08. The second-order valence-electron chi connectivity index (χ2n) is 3.79. The summed E-state index contributed by atoms with van der Waals surface area (Å²) in [6.07, 6.45) is 0.782. The highest BCUT2D eigenvalue weighted by Gasteiger charge is 2.02. The Morgan fingerprint density at radius 3 is 2.79 bits per heavy atom. The van der Waals surface area contributed by atoms with Crippen LogP contribution in [0.3, 0.4) is 0 Å². The lowest BCUT2D eigenvalue weighted by Crippen LogP contribution is -2.09. The number of nitrogens with two attached hydrogens (primary N) is 1. The van der Waals surface area contributed by atoms with Gasteiger partial charge in [-0.1, -0.05) is 0 Å². The maximum atomic E-state index is 5.59. The zero-order valence-electron chi connectivity index (χ0n) is 11.5. The molecule has 3 N–H and O–H groups in total. The molecule has 0 radical (unpaired) electrons. The van der Waals surface area contributed by atoms with E-state index >= 15 is 0 Å². The minimum absolute atomic E-state index is 0.199. The Hall–Kier alpha value is -1.60. The van der Waals surface area contributed by atoms with E-state index in [1.165, 1.54) is 0 Å². The molecule has 0 saturated heterocycles. The van der Waals surface area contributed by atoms with Crippen molar-refractivity contribution in [3.05, 3.63) is 6.07 Å². The fourth-order valence-corrected chi connectivity index (χ4v) is 1.37. The summed E-state index contributed by atoms with van der Waals surface area (Å²) in [4.78, 5) is 8.05. The number of nitrogens with zero attached hydrogens (tertiary/aromatic N) is 2. The van der Waals surface area contributed by atoms with Gasteiger partial charge in [0, 0.05) is 32.7 Å². The van der Waals surface area contributed by atoms with Crippen LogP contribution in [-0.2, 0) is 9.47 Å². The maximum Gasteiger partial charge on any atom is 0.225 e. The molecule has 1 rings (SSSR count). The fraction of sp³-hybridized carbons (Fsp3) is 0.667. The molecule has 19 heavy (non-hydrogen) atoms. The molecule has 7 heteroatoms. The van der Waals surface area contributed by atoms with Crippen LogP contribution < -0.4 is 15.8 Å². The molecule has 0 aromatic carbocycles. The summed E-state index contributed by atoms with van der Waals surface area (Å²) in [5, 5.41) is 3.06. The van der Waals surface area contributed by atoms with E-state index in [1.807, 2.05) is 6.92 Å². The van der Waals surface area contributed by atoms with Crippen molar-refractivity contribution in [1.29, 1.82) is 0 Å². The monoisotopic (exact) mass is 270 g/mol. The van der Waals surface area contributed by atoms with Crippen LogP contribution in [0.5, 0.6) is 5.88 Å². The lowest BCUT2D eigenvalue weighted by molar-refractivity contribution is 0.0642. The first-order valence-corrected chi connectivity index (χ1v) is 6.34. The predicted octanol–water partition coefficient (Wildman–Crippen LogP) is 0.922. The Kier molecular flexibility index (Phi) is 7.60. The molecule has 0 atom stereocenters. The summed E-state index contributed by atoms with van der Waals surface area (Å²) in [7, 11) is 1.65. The number of ether oxygens (including phenoxy) is 3. The molecule has 0 amide bonds. The average molecular weight is 270 g/mol. The lowest BCUT2D eigenvalue weighted by atomic mass is 10.5. The van der Waals surface area contributed by atoms with Crippen molar-refractivity contribution in [2.24, 2.45) is 0 Å². The summed E-state index contributed by atoms with van der Waals surface area (Å²) in [5.74, 6) is 1.34. The van der Waals surface area contributed by atoms with E-state index < -0.39 is 0 Å². The van der Waals surface area contributed by atoms with Gasteiger partial charge < -0.3 is 25.3 Å². The number of rotatable bonds is 10. The number of nitrogen functional groups attached to an aromatic ring is 1. The van der Waals surface area contributed by atoms with Gasteiger partial charge in [-0.3, -0.25) is 0 Å². The predicted molar refractivity (Wildman–Crippen MR) is 73.4 cm³/mol. The van der Waals surface area contributed by atoms with Gasteiger partial charge in [0.1, 0.15) is 5.82 Å². The van der Waals surface area contributed by atoms with Crippen LogP contribution in [0.2, 0.25) is 0 Å². The number of hydrogen-bond donors (Lipinski definition) is 2. The molecule has 0 bridgehead atoms. The van der Waals surface area contributed by atoms with Crippen molar-refractivity contribution in [1.82, 2.24) is 9.97 Å². The molecule has 0 unspecified atom stereocenters. The van der Waals surface area contributed by atoms with Crippen LogP contribution in [0.1, 0.15) is 13.3 Å². The Balaban J connectivity index is 2.25. The fourth-order valence-electron chi connectivity index (χ4n) is 1.37. The number of aromatic nitrogens is 2. The van der Waals surface area contributed by atoms with Crippen LogP contribution >= 0.6 is 0 Å². The van der Waals surface area contributed by atoms with E-state index in [0.29, 0.717) is 38.1 Å². The number of nitrogens with one attached hydrogen (secondary N) is 1. The molecule has 0 fully saturated rings. The molecule has 0 aliphatic carbocycles.